The average molecular weight is 1190 g/mol. The Kier molecular flexibility index (Phi) is 25.4. The Morgan fingerprint density at radius 2 is 0.766 bits per heavy atom. The third-order valence-electron chi connectivity index (χ3n) is 10.8. The van der Waals surface area contributed by atoms with Crippen molar-refractivity contribution in [1.29, 1.82) is 0 Å². The number of nitrogens with zero attached hydrogens (tertiary/aromatic N) is 4. The monoisotopic (exact) mass is 1190 g/mol. The molecule has 0 radical (unpaired) electrons. The van der Waals surface area contributed by atoms with Crippen molar-refractivity contribution in [3.8, 4) is 0 Å². The van der Waals surface area contributed by atoms with Crippen LogP contribution in [0.3, 0.4) is 0 Å². The molecule has 0 N–H and O–H groups in total. The zero-order valence-corrected chi connectivity index (χ0v) is 44.7. The molecule has 2 heterocycles. The summed E-state index contributed by atoms with van der Waals surface area (Å²) in [6, 6.07) is 12.9. The van der Waals surface area contributed by atoms with Gasteiger partial charge in [-0.05, 0) is 48.2 Å². The summed E-state index contributed by atoms with van der Waals surface area (Å²) in [6.07, 6.45) is 21.4. The molecule has 2 aromatic carbocycles. The number of hydrogen-bond acceptors (Lipinski definition) is 2. The van der Waals surface area contributed by atoms with Crippen molar-refractivity contribution in [2.45, 2.75) is 130 Å². The van der Waals surface area contributed by atoms with Crippen LogP contribution in [0.25, 0.3) is 0 Å². The van der Waals surface area contributed by atoms with Crippen LogP contribution in [0.15, 0.2) is 59.9 Å². The normalized spacial score (nSPS) is 17.2. The molecule has 2 aliphatic rings. The molecule has 0 spiro atoms. The van der Waals surface area contributed by atoms with Crippen molar-refractivity contribution in [3.63, 3.8) is 0 Å². The van der Waals surface area contributed by atoms with Gasteiger partial charge in [-0.15, -0.1) is 0 Å². The zero-order chi connectivity index (χ0) is 47.2. The molecule has 0 unspecified atom stereocenters. The molecule has 2 aliphatic heterocycles. The summed E-state index contributed by atoms with van der Waals surface area (Å²) in [5, 5.41) is 1.60. The molecule has 370 valence electrons. The van der Waals surface area contributed by atoms with Crippen molar-refractivity contribution in [3.05, 3.63) is 81.1 Å². The molecule has 20 heteroatoms. The Labute approximate surface area is 392 Å². The molecule has 0 amide bonds. The third kappa shape index (κ3) is 22.4. The average Bonchev–Trinajstić information content (AvgIpc) is 3.47. The molecule has 64 heavy (non-hydrogen) atoms. The van der Waals surface area contributed by atoms with Gasteiger partial charge in [-0.2, -0.15) is 0 Å². The number of rotatable bonds is 19. The van der Waals surface area contributed by atoms with E-state index >= 15 is 0 Å². The summed E-state index contributed by atoms with van der Waals surface area (Å²) < 4.78 is 104. The standard InChI is InChI=1S/C44H66Cl2N4.12FH.2Sb/c1-9-13-25-47(26-14-10-2)31-23-41-43(5,6)37-21-19-35(45)33-39(37)49(41)29-17-18-30-50-40-34-36(46)20-22-38(40)44(7,8)42(50)24-32-48(27-15-11-3)28-16-12-4;;;;;;;;;;;;;;/h19-24,31-34H,9-18,25-30H2,1-8H3;12*1H;;/q+2;;;;;;;;;;;;;2*+5/p-12. The van der Waals surface area contributed by atoms with Gasteiger partial charge in [-0.1, -0.05) is 116 Å². The van der Waals surface area contributed by atoms with E-state index < -0.39 is 40.6 Å². The van der Waals surface area contributed by atoms with Gasteiger partial charge in [0.1, 0.15) is 26.2 Å². The second kappa shape index (κ2) is 26.1. The maximum absolute atomic E-state index is 9.91. The van der Waals surface area contributed by atoms with Gasteiger partial charge in [0.2, 0.25) is 0 Å². The zero-order valence-electron chi connectivity index (χ0n) is 38.1. The van der Waals surface area contributed by atoms with Gasteiger partial charge in [0.25, 0.3) is 0 Å². The number of anilines is 2. The van der Waals surface area contributed by atoms with Crippen LogP contribution in [0.2, 0.25) is 10.0 Å². The van der Waals surface area contributed by atoms with Gasteiger partial charge in [-0.25, -0.2) is 9.15 Å². The van der Waals surface area contributed by atoms with Crippen LogP contribution in [-0.2, 0) is 10.8 Å². The van der Waals surface area contributed by atoms with Gasteiger partial charge >= 0.3 is 68.7 Å². The van der Waals surface area contributed by atoms with Crippen molar-refractivity contribution in [1.82, 2.24) is 0 Å². The van der Waals surface area contributed by atoms with Crippen molar-refractivity contribution >= 4 is 87.6 Å². The minimum absolute atomic E-state index is 0. The fraction of sp³-hybridized carbons (Fsp3) is 0.591. The predicted molar refractivity (Wildman–Crippen MR) is 243 cm³/mol. The quantitative estimate of drug-likeness (QED) is 0.0458. The maximum atomic E-state index is 9.91. The number of hydrogen-bond donors (Lipinski definition) is 0. The number of benzene rings is 2. The van der Waals surface area contributed by atoms with E-state index in [-0.39, 0.29) is 20.2 Å². The molecule has 0 fully saturated rings. The van der Waals surface area contributed by atoms with E-state index in [0.717, 1.165) is 62.2 Å². The van der Waals surface area contributed by atoms with Gasteiger partial charge in [0.15, 0.2) is 12.4 Å². The van der Waals surface area contributed by atoms with Gasteiger partial charge in [0, 0.05) is 94.6 Å². The van der Waals surface area contributed by atoms with E-state index in [1.807, 2.05) is 0 Å². The van der Waals surface area contributed by atoms with Crippen LogP contribution in [0.4, 0.5) is 39.5 Å². The Balaban J connectivity index is 0.00000249. The van der Waals surface area contributed by atoms with Crippen LogP contribution in [0, 0.1) is 0 Å². The Bertz CT molecular complexity index is 1720. The predicted octanol–water partition coefficient (Wildman–Crippen LogP) is 9.25. The summed E-state index contributed by atoms with van der Waals surface area (Å²) in [7, 11) is 0. The molecule has 0 atom stereocenters. The second-order valence-corrected chi connectivity index (χ2v) is 24.9. The first-order chi connectivity index (χ1) is 28.5. The minimum atomic E-state index is -9.19. The number of allylic oxidation sites excluding steroid dienone is 4. The van der Waals surface area contributed by atoms with Crippen LogP contribution in [-0.4, -0.2) is 101 Å². The van der Waals surface area contributed by atoms with Crippen LogP contribution >= 0.6 is 23.2 Å². The molecule has 4 rings (SSSR count). The van der Waals surface area contributed by atoms with Crippen molar-refractivity contribution in [2.24, 2.45) is 0 Å². The fourth-order valence-corrected chi connectivity index (χ4v) is 7.99. The molecule has 0 saturated carbocycles. The number of fused-ring (bicyclic) bond motifs is 2. The molecular formula is C44H66Cl2F12N4Sb2. The van der Waals surface area contributed by atoms with Crippen LogP contribution in [0.1, 0.15) is 131 Å². The van der Waals surface area contributed by atoms with Gasteiger partial charge in [0.05, 0.1) is 0 Å². The van der Waals surface area contributed by atoms with Crippen molar-refractivity contribution in [2.75, 3.05) is 49.1 Å². The van der Waals surface area contributed by atoms with Gasteiger partial charge < -0.3 is 19.2 Å². The molecule has 4 nitrogen and oxygen atoms in total. The topological polar surface area (TPSA) is 12.5 Å². The molecular weight excluding hydrogens is 1130 g/mol. The van der Waals surface area contributed by atoms with Crippen LogP contribution in [0.5, 0.6) is 0 Å². The molecule has 0 bridgehead atoms. The van der Waals surface area contributed by atoms with E-state index in [0.29, 0.717) is 0 Å². The Hall–Kier alpha value is -1.76. The van der Waals surface area contributed by atoms with E-state index in [2.05, 4.69) is 135 Å². The van der Waals surface area contributed by atoms with E-state index in [4.69, 9.17) is 23.2 Å². The first-order valence-corrected chi connectivity index (χ1v) is 31.8. The summed E-state index contributed by atoms with van der Waals surface area (Å²) in [4.78, 5) is 5.11. The Morgan fingerprint density at radius 3 is 1.02 bits per heavy atom. The first kappa shape index (κ1) is 62.2. The molecule has 0 saturated heterocycles. The number of unbranched alkanes of at least 4 members (excludes halogenated alkanes) is 5. The molecule has 0 aromatic heterocycles. The summed E-state index contributed by atoms with van der Waals surface area (Å²) in [5.41, 5.74) is 7.75. The summed E-state index contributed by atoms with van der Waals surface area (Å²) in [6.45, 7) is 24.9. The fourth-order valence-electron chi connectivity index (χ4n) is 7.66. The molecule has 2 aromatic rings. The summed E-state index contributed by atoms with van der Waals surface area (Å²) >= 11 is -5.10. The first-order valence-electron chi connectivity index (χ1n) is 21.4. The Morgan fingerprint density at radius 1 is 0.500 bits per heavy atom. The van der Waals surface area contributed by atoms with Crippen LogP contribution < -0.4 is 19.2 Å². The second-order valence-electron chi connectivity index (χ2n) is 16.7. The van der Waals surface area contributed by atoms with E-state index in [9.17, 15) is 28.1 Å². The SMILES string of the molecule is CCCC[N+](=CC=C1N(CCCCN2C(=CC=[N+](CCCC)CCCC)C(C)(C)c3ccc(Cl)cc32)c2cc(Cl)ccc2C1(C)C)CCCC.[F-].[F-].[F][Sb]([F])([F])([F])[F].[F][Sb]([F])([F])([F])[F]. The van der Waals surface area contributed by atoms with Crippen molar-refractivity contribution < 1.29 is 46.7 Å². The molecule has 0 aliphatic carbocycles. The summed E-state index contributed by atoms with van der Waals surface area (Å²) in [5.74, 6) is 0. The third-order valence-corrected chi connectivity index (χ3v) is 11.3. The number of halogens is 14. The van der Waals surface area contributed by atoms with E-state index in [1.54, 1.807) is 0 Å². The van der Waals surface area contributed by atoms with E-state index in [1.165, 1.54) is 85.3 Å². The van der Waals surface area contributed by atoms with Gasteiger partial charge in [-0.3, -0.25) is 0 Å².